The molecule has 0 amide bonds. The van der Waals surface area contributed by atoms with E-state index in [0.29, 0.717) is 0 Å². The molecule has 21 heavy (non-hydrogen) atoms. The van der Waals surface area contributed by atoms with E-state index in [0.717, 1.165) is 0 Å². The zero-order valence-corrected chi connectivity index (χ0v) is 11.7. The summed E-state index contributed by atoms with van der Waals surface area (Å²) in [6, 6.07) is 0. The van der Waals surface area contributed by atoms with Crippen LogP contribution in [0.1, 0.15) is 0 Å². The van der Waals surface area contributed by atoms with E-state index in [1.165, 1.54) is 0 Å². The van der Waals surface area contributed by atoms with Crippen molar-refractivity contribution in [2.45, 2.75) is 0 Å². The van der Waals surface area contributed by atoms with Gasteiger partial charge in [-0.25, -0.2) is 0 Å². The topological polar surface area (TPSA) is 398 Å². The van der Waals surface area contributed by atoms with Crippen LogP contribution in [0.15, 0.2) is 0 Å². The molecule has 0 aromatic carbocycles. The minimum absolute atomic E-state index is 0. The molecule has 134 valence electrons. The Morgan fingerprint density at radius 3 is 0.429 bits per heavy atom. The van der Waals surface area contributed by atoms with Crippen LogP contribution in [0.25, 0.3) is 0 Å². The van der Waals surface area contributed by atoms with Crippen LogP contribution < -0.4 is 12.3 Å². The first-order valence-corrected chi connectivity index (χ1v) is 2.19. The quantitative estimate of drug-likeness (QED) is 0.254. The largest absolute Gasteiger partial charge is 4.00 e. The SMILES string of the molecule is N.N.O.O.O=[N+]([O-])[O-].O=[N+]([O-])[O-].O=[N+]([O-])[O-].O=[N+]([O-])[O-].[Pt+4]. The molecule has 21 heteroatoms. The Morgan fingerprint density at radius 1 is 0.429 bits per heavy atom. The van der Waals surface area contributed by atoms with Gasteiger partial charge in [-0.15, -0.1) is 0 Å². The Kier molecular flexibility index (Phi) is 160. The van der Waals surface area contributed by atoms with Crippen LogP contribution in [0, 0.1) is 61.3 Å². The van der Waals surface area contributed by atoms with Crippen LogP contribution in [-0.2, 0) is 21.1 Å². The molecule has 0 saturated carbocycles. The van der Waals surface area contributed by atoms with E-state index in [2.05, 4.69) is 0 Å². The van der Waals surface area contributed by atoms with Gasteiger partial charge in [0.15, 0.2) is 0 Å². The number of nitrogens with zero attached hydrogens (tertiary/aromatic N) is 4. The Hall–Kier alpha value is -2.67. The van der Waals surface area contributed by atoms with E-state index in [1.54, 1.807) is 0 Å². The summed E-state index contributed by atoms with van der Waals surface area (Å²) in [6.45, 7) is 0. The molecular formula is H10N6O14Pt. The molecule has 0 unspecified atom stereocenters. The summed E-state index contributed by atoms with van der Waals surface area (Å²) in [5.41, 5.74) is 0. The van der Waals surface area contributed by atoms with Crippen LogP contribution in [0.2, 0.25) is 0 Å². The Bertz CT molecular complexity index is 164. The molecule has 0 aliphatic heterocycles. The van der Waals surface area contributed by atoms with Crippen molar-refractivity contribution in [2.24, 2.45) is 0 Å². The van der Waals surface area contributed by atoms with E-state index >= 15 is 0 Å². The third-order valence-electron chi connectivity index (χ3n) is 0. The first kappa shape index (κ1) is 63.2. The fourth-order valence-electron chi connectivity index (χ4n) is 0. The minimum atomic E-state index is -1.75. The summed E-state index contributed by atoms with van der Waals surface area (Å²) in [6.07, 6.45) is 0. The molecule has 0 heterocycles. The van der Waals surface area contributed by atoms with Gasteiger partial charge in [0.25, 0.3) is 0 Å². The van der Waals surface area contributed by atoms with Crippen LogP contribution >= 0.6 is 0 Å². The number of hydrogen-bond donors (Lipinski definition) is 2. The molecule has 0 radical (unpaired) electrons. The Balaban J connectivity index is -0.0000000121. The summed E-state index contributed by atoms with van der Waals surface area (Å²) in [7, 11) is 0. The number of rotatable bonds is 0. The van der Waals surface area contributed by atoms with Crippen molar-refractivity contribution < 1.29 is 52.4 Å². The molecule has 0 aromatic rings. The average Bonchev–Trinajstić information content (AvgIpc) is 1.76. The summed E-state index contributed by atoms with van der Waals surface area (Å²) in [5.74, 6) is 0. The van der Waals surface area contributed by atoms with Gasteiger partial charge in [-0.3, -0.25) is 0 Å². The van der Waals surface area contributed by atoms with E-state index < -0.39 is 20.3 Å². The monoisotopic (exact) mass is 513 g/mol. The minimum Gasteiger partial charge on any atom is -0.412 e. The third-order valence-corrected chi connectivity index (χ3v) is 0. The fraction of sp³-hybridized carbons (Fsp3) is 0. The van der Waals surface area contributed by atoms with Gasteiger partial charge < -0.3 is 84.5 Å². The molecule has 0 aromatic heterocycles. The van der Waals surface area contributed by atoms with Crippen molar-refractivity contribution in [3.63, 3.8) is 0 Å². The van der Waals surface area contributed by atoms with E-state index in [1.807, 2.05) is 0 Å². The molecule has 10 N–H and O–H groups in total. The standard InChI is InChI=1S/4NO3.2H3N.2H2O.Pt/c4*2-1(3)4;;;;;/h;;;;2*1H3;2*1H2;/q4*-1;;;;;+4. The van der Waals surface area contributed by atoms with Gasteiger partial charge in [0, 0.05) is 0 Å². The van der Waals surface area contributed by atoms with Crippen molar-refractivity contribution in [3.8, 4) is 0 Å². The molecule has 0 spiro atoms. The maximum Gasteiger partial charge on any atom is 4.00 e. The molecule has 0 fully saturated rings. The van der Waals surface area contributed by atoms with Crippen molar-refractivity contribution >= 4 is 0 Å². The van der Waals surface area contributed by atoms with Crippen molar-refractivity contribution in [2.75, 3.05) is 0 Å². The van der Waals surface area contributed by atoms with Gasteiger partial charge in [0.2, 0.25) is 0 Å². The zero-order chi connectivity index (χ0) is 14.3. The fourth-order valence-corrected chi connectivity index (χ4v) is 0. The average molecular weight is 513 g/mol. The molecule has 0 rings (SSSR count). The second-order valence-corrected chi connectivity index (χ2v) is 0.894. The Morgan fingerprint density at radius 2 is 0.429 bits per heavy atom. The maximum atomic E-state index is 8.25. The molecule has 0 atom stereocenters. The molecule has 0 aliphatic rings. The molecule has 0 bridgehead atoms. The van der Waals surface area contributed by atoms with Crippen molar-refractivity contribution in [1.82, 2.24) is 12.3 Å². The van der Waals surface area contributed by atoms with Crippen LogP contribution in [-0.4, -0.2) is 31.3 Å². The zero-order valence-electron chi connectivity index (χ0n) is 9.42. The molecule has 20 nitrogen and oxygen atoms in total. The van der Waals surface area contributed by atoms with Crippen LogP contribution in [0.5, 0.6) is 0 Å². The first-order chi connectivity index (χ1) is 6.93. The van der Waals surface area contributed by atoms with E-state index in [9.17, 15) is 0 Å². The predicted molar refractivity (Wildman–Crippen MR) is 58.7 cm³/mol. The van der Waals surface area contributed by atoms with Gasteiger partial charge in [-0.2, -0.15) is 0 Å². The van der Waals surface area contributed by atoms with Gasteiger partial charge in [-0.1, -0.05) is 0 Å². The second kappa shape index (κ2) is 53.1. The van der Waals surface area contributed by atoms with Gasteiger partial charge >= 0.3 is 21.1 Å². The smallest absolute Gasteiger partial charge is 0.412 e. The summed E-state index contributed by atoms with van der Waals surface area (Å²) >= 11 is 0. The summed E-state index contributed by atoms with van der Waals surface area (Å²) in [5, 5.41) is 59.0. The van der Waals surface area contributed by atoms with Gasteiger partial charge in [0.1, 0.15) is 0 Å². The second-order valence-electron chi connectivity index (χ2n) is 0.894. The number of hydrogen-bond acceptors (Lipinski definition) is 14. The summed E-state index contributed by atoms with van der Waals surface area (Å²) < 4.78 is 0. The van der Waals surface area contributed by atoms with Gasteiger partial charge in [0.05, 0.1) is 20.3 Å². The molecule has 0 saturated heterocycles. The first-order valence-electron chi connectivity index (χ1n) is 2.19. The van der Waals surface area contributed by atoms with Crippen LogP contribution in [0.3, 0.4) is 0 Å². The predicted octanol–water partition coefficient (Wildman–Crippen LogP) is -2.28. The van der Waals surface area contributed by atoms with Crippen molar-refractivity contribution in [3.05, 3.63) is 61.3 Å². The van der Waals surface area contributed by atoms with E-state index in [-0.39, 0.29) is 44.3 Å². The van der Waals surface area contributed by atoms with Gasteiger partial charge in [-0.05, 0) is 0 Å². The third kappa shape index (κ3) is 570. The van der Waals surface area contributed by atoms with Crippen molar-refractivity contribution in [1.29, 1.82) is 0 Å². The van der Waals surface area contributed by atoms with E-state index in [4.69, 9.17) is 61.3 Å². The normalized spacial score (nSPS) is 4.57. The maximum absolute atomic E-state index is 8.25. The van der Waals surface area contributed by atoms with Crippen LogP contribution in [0.4, 0.5) is 0 Å². The molecule has 0 aliphatic carbocycles. The Labute approximate surface area is 127 Å². The molecular weight excluding hydrogens is 503 g/mol. The summed E-state index contributed by atoms with van der Waals surface area (Å²) in [4.78, 5) is 33.0.